The van der Waals surface area contributed by atoms with Crippen LogP contribution in [0.1, 0.15) is 12.0 Å². The number of aromatic nitrogens is 2. The average Bonchev–Trinajstić information content (AvgIpc) is 2.88. The lowest BCUT2D eigenvalue weighted by Crippen LogP contribution is -2.12. The van der Waals surface area contributed by atoms with Gasteiger partial charge in [-0.15, -0.1) is 0 Å². The molecule has 112 valence electrons. The number of rotatable bonds is 6. The van der Waals surface area contributed by atoms with Gasteiger partial charge in [0.1, 0.15) is 4.90 Å². The maximum atomic E-state index is 12.2. The number of sulfonamides is 1. The van der Waals surface area contributed by atoms with Gasteiger partial charge in [0.05, 0.1) is 19.2 Å². The molecule has 0 aliphatic carbocycles. The minimum Gasteiger partial charge on any atom is -0.481 e. The molecular formula is C13H15N3O4S. The van der Waals surface area contributed by atoms with Crippen molar-refractivity contribution in [2.75, 3.05) is 4.72 Å². The molecule has 2 rings (SSSR count). The van der Waals surface area contributed by atoms with E-state index in [0.29, 0.717) is 5.69 Å². The Morgan fingerprint density at radius 1 is 1.33 bits per heavy atom. The number of benzene rings is 1. The van der Waals surface area contributed by atoms with Crippen molar-refractivity contribution < 1.29 is 18.3 Å². The zero-order chi connectivity index (χ0) is 15.5. The summed E-state index contributed by atoms with van der Waals surface area (Å²) >= 11 is 0. The van der Waals surface area contributed by atoms with Crippen molar-refractivity contribution in [3.05, 3.63) is 42.2 Å². The number of hydrogen-bond donors (Lipinski definition) is 2. The predicted octanol–water partition coefficient (Wildman–Crippen LogP) is 1.47. The molecule has 7 nitrogen and oxygen atoms in total. The minimum atomic E-state index is -3.72. The normalized spacial score (nSPS) is 11.3. The summed E-state index contributed by atoms with van der Waals surface area (Å²) in [5, 5.41) is 12.4. The Balaban J connectivity index is 2.12. The van der Waals surface area contributed by atoms with E-state index in [2.05, 4.69) is 9.82 Å². The highest BCUT2D eigenvalue weighted by atomic mass is 32.2. The molecule has 0 aliphatic heterocycles. The summed E-state index contributed by atoms with van der Waals surface area (Å²) in [4.78, 5) is 10.5. The summed E-state index contributed by atoms with van der Waals surface area (Å²) in [5.41, 5.74) is 1.48. The molecule has 2 aromatic rings. The first-order chi connectivity index (χ1) is 9.87. The Kier molecular flexibility index (Phi) is 4.27. The van der Waals surface area contributed by atoms with Crippen LogP contribution in [-0.4, -0.2) is 29.3 Å². The van der Waals surface area contributed by atoms with Gasteiger partial charge in [0.25, 0.3) is 10.0 Å². The van der Waals surface area contributed by atoms with Crippen LogP contribution >= 0.6 is 0 Å². The number of carboxylic acid groups (broad SMARTS) is 1. The first-order valence-electron chi connectivity index (χ1n) is 6.20. The molecule has 0 amide bonds. The lowest BCUT2D eigenvalue weighted by atomic mass is 10.2. The number of nitrogens with zero attached hydrogens (tertiary/aromatic N) is 2. The second kappa shape index (κ2) is 5.96. The molecule has 0 atom stereocenters. The lowest BCUT2D eigenvalue weighted by molar-refractivity contribution is -0.137. The smallest absolute Gasteiger partial charge is 0.305 e. The van der Waals surface area contributed by atoms with E-state index in [1.807, 2.05) is 6.92 Å². The molecule has 0 fully saturated rings. The van der Waals surface area contributed by atoms with E-state index >= 15 is 0 Å². The quantitative estimate of drug-likeness (QED) is 0.841. The zero-order valence-corrected chi connectivity index (χ0v) is 12.2. The summed E-state index contributed by atoms with van der Waals surface area (Å²) < 4.78 is 28.0. The van der Waals surface area contributed by atoms with Crippen LogP contribution in [0.2, 0.25) is 0 Å². The lowest BCUT2D eigenvalue weighted by Gasteiger charge is -2.06. The van der Waals surface area contributed by atoms with Crippen LogP contribution < -0.4 is 4.72 Å². The SMILES string of the molecule is Cc1ccc(NS(=O)(=O)c2cnn(CCC(=O)O)c2)cc1. The summed E-state index contributed by atoms with van der Waals surface area (Å²) in [7, 11) is -3.72. The first kappa shape index (κ1) is 15.0. The highest BCUT2D eigenvalue weighted by Crippen LogP contribution is 2.16. The fraction of sp³-hybridized carbons (Fsp3) is 0.231. The molecule has 0 saturated heterocycles. The number of nitrogens with one attached hydrogen (secondary N) is 1. The maximum Gasteiger partial charge on any atom is 0.305 e. The Morgan fingerprint density at radius 2 is 2.00 bits per heavy atom. The topological polar surface area (TPSA) is 101 Å². The van der Waals surface area contributed by atoms with Gasteiger partial charge >= 0.3 is 5.97 Å². The van der Waals surface area contributed by atoms with Gasteiger partial charge in [0, 0.05) is 11.9 Å². The number of anilines is 1. The average molecular weight is 309 g/mol. The molecule has 1 aromatic heterocycles. The molecule has 21 heavy (non-hydrogen) atoms. The minimum absolute atomic E-state index is 0.00605. The van der Waals surface area contributed by atoms with Crippen molar-refractivity contribution in [1.29, 1.82) is 0 Å². The molecule has 0 bridgehead atoms. The van der Waals surface area contributed by atoms with Crippen LogP contribution in [0, 0.1) is 6.92 Å². The van der Waals surface area contributed by atoms with E-state index < -0.39 is 16.0 Å². The maximum absolute atomic E-state index is 12.2. The number of aliphatic carboxylic acids is 1. The second-order valence-corrected chi connectivity index (χ2v) is 6.24. The number of carbonyl (C=O) groups is 1. The van der Waals surface area contributed by atoms with Gasteiger partial charge in [0.15, 0.2) is 0 Å². The van der Waals surface area contributed by atoms with E-state index in [1.54, 1.807) is 24.3 Å². The van der Waals surface area contributed by atoms with Gasteiger partial charge in [0.2, 0.25) is 0 Å². The molecule has 0 aliphatic rings. The summed E-state index contributed by atoms with van der Waals surface area (Å²) in [6, 6.07) is 6.94. The fourth-order valence-corrected chi connectivity index (χ4v) is 2.66. The molecule has 2 N–H and O–H groups in total. The number of hydrogen-bond acceptors (Lipinski definition) is 4. The van der Waals surface area contributed by atoms with Crippen LogP contribution in [0.3, 0.4) is 0 Å². The van der Waals surface area contributed by atoms with E-state index in [4.69, 9.17) is 5.11 Å². The molecule has 1 heterocycles. The predicted molar refractivity (Wildman–Crippen MR) is 76.5 cm³/mol. The van der Waals surface area contributed by atoms with Gasteiger partial charge < -0.3 is 5.11 Å². The Morgan fingerprint density at radius 3 is 2.62 bits per heavy atom. The van der Waals surface area contributed by atoms with Crippen LogP contribution in [0.15, 0.2) is 41.6 Å². The van der Waals surface area contributed by atoms with E-state index in [0.717, 1.165) is 5.56 Å². The van der Waals surface area contributed by atoms with Crippen molar-refractivity contribution in [3.63, 3.8) is 0 Å². The van der Waals surface area contributed by atoms with Crippen LogP contribution in [0.5, 0.6) is 0 Å². The van der Waals surface area contributed by atoms with Crippen LogP contribution in [-0.2, 0) is 21.4 Å². The second-order valence-electron chi connectivity index (χ2n) is 4.55. The Bertz CT molecular complexity index is 735. The molecule has 1 aromatic carbocycles. The largest absolute Gasteiger partial charge is 0.481 e. The van der Waals surface area contributed by atoms with Crippen LogP contribution in [0.4, 0.5) is 5.69 Å². The molecular weight excluding hydrogens is 294 g/mol. The van der Waals surface area contributed by atoms with Crippen molar-refractivity contribution in [1.82, 2.24) is 9.78 Å². The van der Waals surface area contributed by atoms with Crippen molar-refractivity contribution in [2.45, 2.75) is 24.8 Å². The third kappa shape index (κ3) is 4.06. The fourth-order valence-electron chi connectivity index (χ4n) is 1.65. The van der Waals surface area contributed by atoms with Gasteiger partial charge in [-0.3, -0.25) is 14.2 Å². The van der Waals surface area contributed by atoms with E-state index in [9.17, 15) is 13.2 Å². The van der Waals surface area contributed by atoms with Crippen molar-refractivity contribution >= 4 is 21.7 Å². The molecule has 0 saturated carbocycles. The molecule has 0 radical (unpaired) electrons. The molecule has 0 unspecified atom stereocenters. The zero-order valence-electron chi connectivity index (χ0n) is 11.4. The van der Waals surface area contributed by atoms with Gasteiger partial charge in [-0.1, -0.05) is 17.7 Å². The van der Waals surface area contributed by atoms with Gasteiger partial charge in [-0.05, 0) is 19.1 Å². The number of carboxylic acids is 1. The number of aryl methyl sites for hydroxylation is 2. The summed E-state index contributed by atoms with van der Waals surface area (Å²) in [5.74, 6) is -0.965. The summed E-state index contributed by atoms with van der Waals surface area (Å²) in [6.45, 7) is 2.03. The van der Waals surface area contributed by atoms with Gasteiger partial charge in [-0.2, -0.15) is 5.10 Å². The van der Waals surface area contributed by atoms with Gasteiger partial charge in [-0.25, -0.2) is 8.42 Å². The van der Waals surface area contributed by atoms with Crippen LogP contribution in [0.25, 0.3) is 0 Å². The first-order valence-corrected chi connectivity index (χ1v) is 7.69. The standard InChI is InChI=1S/C13H15N3O4S/c1-10-2-4-11(5-3-10)15-21(19,20)12-8-14-16(9-12)7-6-13(17)18/h2-5,8-9,15H,6-7H2,1H3,(H,17,18). The monoisotopic (exact) mass is 309 g/mol. The highest BCUT2D eigenvalue weighted by Gasteiger charge is 2.16. The third-order valence-corrected chi connectivity index (χ3v) is 4.11. The Hall–Kier alpha value is -2.35. The van der Waals surface area contributed by atoms with Crippen molar-refractivity contribution in [3.8, 4) is 0 Å². The van der Waals surface area contributed by atoms with E-state index in [-0.39, 0.29) is 17.9 Å². The molecule has 8 heteroatoms. The van der Waals surface area contributed by atoms with E-state index in [1.165, 1.54) is 17.1 Å². The third-order valence-electron chi connectivity index (χ3n) is 2.78. The van der Waals surface area contributed by atoms with Crippen molar-refractivity contribution in [2.24, 2.45) is 0 Å². The summed E-state index contributed by atoms with van der Waals surface area (Å²) in [6.07, 6.45) is 2.38. The highest BCUT2D eigenvalue weighted by molar-refractivity contribution is 7.92. The molecule has 0 spiro atoms. The Labute approximate surface area is 122 Å².